The second-order valence-electron chi connectivity index (χ2n) is 5.55. The second kappa shape index (κ2) is 3.48. The van der Waals surface area contributed by atoms with Crippen molar-refractivity contribution in [3.8, 4) is 0 Å². The van der Waals surface area contributed by atoms with Gasteiger partial charge in [-0.05, 0) is 44.9 Å². The predicted molar refractivity (Wildman–Crippen MR) is 58.5 cm³/mol. The molecule has 1 heterocycles. The zero-order valence-corrected chi connectivity index (χ0v) is 9.22. The fourth-order valence-corrected chi connectivity index (χ4v) is 3.00. The van der Waals surface area contributed by atoms with Crippen LogP contribution in [0, 0.1) is 5.92 Å². The fraction of sp³-hybridized carbons (Fsp3) is 0.917. The van der Waals surface area contributed by atoms with Crippen molar-refractivity contribution in [3.63, 3.8) is 0 Å². The lowest BCUT2D eigenvalue weighted by Crippen LogP contribution is -2.46. The normalized spacial score (nSPS) is 33.5. The maximum absolute atomic E-state index is 11.9. The topological polar surface area (TPSA) is 41.1 Å². The molecule has 15 heavy (non-hydrogen) atoms. The summed E-state index contributed by atoms with van der Waals surface area (Å²) in [6, 6.07) is 0.496. The van der Waals surface area contributed by atoms with Crippen molar-refractivity contribution < 1.29 is 4.79 Å². The monoisotopic (exact) mass is 208 g/mol. The van der Waals surface area contributed by atoms with Gasteiger partial charge >= 0.3 is 0 Å². The first-order valence-corrected chi connectivity index (χ1v) is 6.33. The maximum atomic E-state index is 11.9. The molecular weight excluding hydrogens is 188 g/mol. The summed E-state index contributed by atoms with van der Waals surface area (Å²) in [5.41, 5.74) is 0.363. The number of rotatable bonds is 2. The molecule has 1 aliphatic heterocycles. The quantitative estimate of drug-likeness (QED) is 0.715. The molecule has 0 radical (unpaired) electrons. The minimum Gasteiger partial charge on any atom is -0.353 e. The predicted octanol–water partition coefficient (Wildman–Crippen LogP) is 1.19. The number of amides is 1. The fourth-order valence-electron chi connectivity index (χ4n) is 3.00. The van der Waals surface area contributed by atoms with Crippen LogP contribution in [0.5, 0.6) is 0 Å². The third-order valence-corrected chi connectivity index (χ3v) is 4.49. The molecule has 0 aromatic carbocycles. The molecule has 2 aliphatic carbocycles. The molecule has 3 heteroatoms. The van der Waals surface area contributed by atoms with Gasteiger partial charge in [0.05, 0.1) is 5.92 Å². The van der Waals surface area contributed by atoms with Crippen LogP contribution in [0.3, 0.4) is 0 Å². The third kappa shape index (κ3) is 1.67. The van der Waals surface area contributed by atoms with Gasteiger partial charge in [-0.2, -0.15) is 0 Å². The Morgan fingerprint density at radius 3 is 2.53 bits per heavy atom. The Labute approximate surface area is 91.0 Å². The van der Waals surface area contributed by atoms with Gasteiger partial charge in [0.1, 0.15) is 0 Å². The molecule has 1 atom stereocenters. The molecule has 2 saturated carbocycles. The van der Waals surface area contributed by atoms with Crippen molar-refractivity contribution in [3.05, 3.63) is 0 Å². The van der Waals surface area contributed by atoms with Crippen molar-refractivity contribution in [2.45, 2.75) is 56.5 Å². The lowest BCUT2D eigenvalue weighted by Gasteiger charge is -2.38. The van der Waals surface area contributed by atoms with Crippen molar-refractivity contribution >= 4 is 5.91 Å². The Bertz CT molecular complexity index is 269. The first kappa shape index (κ1) is 9.64. The second-order valence-corrected chi connectivity index (χ2v) is 5.55. The van der Waals surface area contributed by atoms with Crippen molar-refractivity contribution in [1.29, 1.82) is 0 Å². The Morgan fingerprint density at radius 2 is 2.07 bits per heavy atom. The van der Waals surface area contributed by atoms with Gasteiger partial charge < -0.3 is 10.6 Å². The summed E-state index contributed by atoms with van der Waals surface area (Å²) in [6.07, 6.45) is 8.64. The van der Waals surface area contributed by atoms with Crippen LogP contribution < -0.4 is 10.6 Å². The van der Waals surface area contributed by atoms with E-state index in [1.165, 1.54) is 38.5 Å². The molecule has 84 valence electrons. The van der Waals surface area contributed by atoms with Crippen LogP contribution >= 0.6 is 0 Å². The Balaban J connectivity index is 1.52. The number of hydrogen-bond acceptors (Lipinski definition) is 2. The Hall–Kier alpha value is -0.570. The van der Waals surface area contributed by atoms with Crippen LogP contribution in [0.15, 0.2) is 0 Å². The molecule has 3 nitrogen and oxygen atoms in total. The van der Waals surface area contributed by atoms with Crippen LogP contribution in [0.1, 0.15) is 44.9 Å². The van der Waals surface area contributed by atoms with Crippen molar-refractivity contribution in [2.75, 3.05) is 6.54 Å². The van der Waals surface area contributed by atoms with E-state index in [9.17, 15) is 4.79 Å². The molecule has 2 N–H and O–H groups in total. The van der Waals surface area contributed by atoms with Crippen LogP contribution in [-0.2, 0) is 4.79 Å². The van der Waals surface area contributed by atoms with Crippen LogP contribution in [-0.4, -0.2) is 24.0 Å². The largest absolute Gasteiger partial charge is 0.353 e. The molecule has 1 saturated heterocycles. The van der Waals surface area contributed by atoms with Gasteiger partial charge in [-0.15, -0.1) is 0 Å². The lowest BCUT2D eigenvalue weighted by atomic mass is 9.74. The smallest absolute Gasteiger partial charge is 0.224 e. The summed E-state index contributed by atoms with van der Waals surface area (Å²) < 4.78 is 0. The molecule has 0 bridgehead atoms. The van der Waals surface area contributed by atoms with Gasteiger partial charge in [-0.25, -0.2) is 0 Å². The van der Waals surface area contributed by atoms with E-state index >= 15 is 0 Å². The number of nitrogens with one attached hydrogen (secondary N) is 2. The highest BCUT2D eigenvalue weighted by Gasteiger charge is 2.45. The summed E-state index contributed by atoms with van der Waals surface area (Å²) in [6.45, 7) is 0.901. The van der Waals surface area contributed by atoms with Crippen LogP contribution in [0.4, 0.5) is 0 Å². The van der Waals surface area contributed by atoms with Gasteiger partial charge in [-0.1, -0.05) is 0 Å². The van der Waals surface area contributed by atoms with E-state index in [2.05, 4.69) is 10.6 Å². The number of carbonyl (C=O) groups excluding carboxylic acids is 1. The molecule has 1 spiro atoms. The third-order valence-electron chi connectivity index (χ3n) is 4.49. The Kier molecular flexibility index (Phi) is 2.23. The first-order valence-electron chi connectivity index (χ1n) is 6.33. The van der Waals surface area contributed by atoms with E-state index in [0.29, 0.717) is 17.5 Å². The van der Waals surface area contributed by atoms with Gasteiger partial charge in [-0.3, -0.25) is 4.79 Å². The minimum atomic E-state index is 0.242. The first-order chi connectivity index (χ1) is 7.27. The van der Waals surface area contributed by atoms with E-state index in [1.807, 2.05) is 0 Å². The van der Waals surface area contributed by atoms with Crippen molar-refractivity contribution in [2.24, 2.45) is 5.92 Å². The lowest BCUT2D eigenvalue weighted by molar-refractivity contribution is -0.125. The van der Waals surface area contributed by atoms with Gasteiger partial charge in [0.2, 0.25) is 5.91 Å². The average molecular weight is 208 g/mol. The highest BCUT2D eigenvalue weighted by Crippen LogP contribution is 2.41. The maximum Gasteiger partial charge on any atom is 0.224 e. The van der Waals surface area contributed by atoms with E-state index in [1.54, 1.807) is 0 Å². The summed E-state index contributed by atoms with van der Waals surface area (Å²) in [7, 11) is 0. The molecule has 0 aromatic rings. The zero-order valence-electron chi connectivity index (χ0n) is 9.22. The highest BCUT2D eigenvalue weighted by molar-refractivity contribution is 5.79. The zero-order chi connectivity index (χ0) is 10.3. The molecule has 1 amide bonds. The van der Waals surface area contributed by atoms with E-state index in [0.717, 1.165) is 13.0 Å². The Morgan fingerprint density at radius 1 is 1.27 bits per heavy atom. The van der Waals surface area contributed by atoms with Crippen LogP contribution in [0.2, 0.25) is 0 Å². The summed E-state index contributed by atoms with van der Waals surface area (Å²) in [4.78, 5) is 11.9. The van der Waals surface area contributed by atoms with Crippen molar-refractivity contribution in [1.82, 2.24) is 10.6 Å². The summed E-state index contributed by atoms with van der Waals surface area (Å²) in [5, 5.41) is 6.71. The molecule has 1 unspecified atom stereocenters. The summed E-state index contributed by atoms with van der Waals surface area (Å²) in [5.74, 6) is 0.543. The van der Waals surface area contributed by atoms with Gasteiger partial charge in [0, 0.05) is 18.1 Å². The standard InChI is InChI=1S/C12H20N2O/c15-11(14-10-3-1-4-10)9-7-12(13-8-9)5-2-6-12/h9-10,13H,1-8H2,(H,14,15). The summed E-state index contributed by atoms with van der Waals surface area (Å²) >= 11 is 0. The molecule has 3 fully saturated rings. The molecular formula is C12H20N2O. The van der Waals surface area contributed by atoms with Crippen LogP contribution in [0.25, 0.3) is 0 Å². The molecule has 0 aromatic heterocycles. The minimum absolute atomic E-state index is 0.242. The molecule has 3 aliphatic rings. The SMILES string of the molecule is O=C(NC1CCC1)C1CNC2(CCC2)C1. The number of carbonyl (C=O) groups is 1. The number of hydrogen-bond donors (Lipinski definition) is 2. The average Bonchev–Trinajstić information content (AvgIpc) is 2.54. The van der Waals surface area contributed by atoms with E-state index in [4.69, 9.17) is 0 Å². The van der Waals surface area contributed by atoms with Gasteiger partial charge in [0.15, 0.2) is 0 Å². The van der Waals surface area contributed by atoms with E-state index in [-0.39, 0.29) is 5.92 Å². The molecule has 3 rings (SSSR count). The van der Waals surface area contributed by atoms with E-state index < -0.39 is 0 Å². The highest BCUT2D eigenvalue weighted by atomic mass is 16.2. The van der Waals surface area contributed by atoms with Gasteiger partial charge in [0.25, 0.3) is 0 Å².